The maximum atomic E-state index is 14.1. The third-order valence-corrected chi connectivity index (χ3v) is 24.1. The zero-order chi connectivity index (χ0) is 16.1. The summed E-state index contributed by atoms with van der Waals surface area (Å²) >= 11 is -1.08. The van der Waals surface area contributed by atoms with Crippen molar-refractivity contribution < 1.29 is 45.9 Å². The van der Waals surface area contributed by atoms with Crippen molar-refractivity contribution in [3.05, 3.63) is 97.6 Å². The normalized spacial score (nSPS) is 11.7. The van der Waals surface area contributed by atoms with Crippen LogP contribution in [-0.4, -0.2) is 0 Å². The third-order valence-electron chi connectivity index (χ3n) is 3.27. The van der Waals surface area contributed by atoms with Crippen molar-refractivity contribution in [3.63, 3.8) is 0 Å². The molecule has 3 aromatic rings. The van der Waals surface area contributed by atoms with Crippen LogP contribution in [0.4, 0.5) is 0 Å². The van der Waals surface area contributed by atoms with Gasteiger partial charge in [-0.15, -0.1) is 0 Å². The molecule has 0 aliphatic rings. The molecule has 0 bridgehead atoms. The topological polar surface area (TPSA) is 17.1 Å². The van der Waals surface area contributed by atoms with Crippen molar-refractivity contribution in [3.8, 4) is 0 Å². The average Bonchev–Trinajstić information content (AvgIpc) is 2.57. The summed E-state index contributed by atoms with van der Waals surface area (Å²) in [4.78, 5) is 0. The molecule has 0 radical (unpaired) electrons. The van der Waals surface area contributed by atoms with Crippen molar-refractivity contribution in [2.45, 2.75) is 6.92 Å². The molecule has 0 amide bonds. The molecule has 23 heavy (non-hydrogen) atoms. The van der Waals surface area contributed by atoms with Crippen LogP contribution in [0.25, 0.3) is 0 Å². The van der Waals surface area contributed by atoms with Gasteiger partial charge in [0, 0.05) is 0 Å². The molecule has 0 heterocycles. The Morgan fingerprint density at radius 2 is 1.09 bits per heavy atom. The van der Waals surface area contributed by atoms with E-state index in [1.54, 1.807) is 0 Å². The molecule has 1 nitrogen and oxygen atoms in total. The molecule has 0 aromatic heterocycles. The molecule has 4 heteroatoms. The molecule has 120 valence electrons. The predicted octanol–water partition coefficient (Wildman–Crippen LogP) is -1.27. The molecule has 3 aromatic carbocycles. The summed E-state index contributed by atoms with van der Waals surface area (Å²) in [6.07, 6.45) is 0. The van der Waals surface area contributed by atoms with Gasteiger partial charge in [-0.1, -0.05) is 0 Å². The zero-order valence-electron chi connectivity index (χ0n) is 12.7. The first-order valence-electron chi connectivity index (χ1n) is 7.27. The Labute approximate surface area is 157 Å². The van der Waals surface area contributed by atoms with E-state index in [0.29, 0.717) is 0 Å². The van der Waals surface area contributed by atoms with Gasteiger partial charge in [0.05, 0.1) is 0 Å². The summed E-state index contributed by atoms with van der Waals surface area (Å²) in [5, 5.41) is 1.10. The van der Waals surface area contributed by atoms with Gasteiger partial charge in [-0.05, 0) is 0 Å². The van der Waals surface area contributed by atoms with Crippen LogP contribution >= 0.6 is 2.43 Å². The number of hydrogen-bond acceptors (Lipinski definition) is 1. The summed E-state index contributed by atoms with van der Waals surface area (Å²) in [5.74, 6) is 0. The van der Waals surface area contributed by atoms with Crippen molar-refractivity contribution in [2.24, 2.45) is 0 Å². The number of rotatable bonds is 5. The number of aryl methyl sites for hydroxylation is 1. The fraction of sp³-hybridized carbons (Fsp3) is 0.0526. The molecule has 0 fully saturated rings. The van der Waals surface area contributed by atoms with Gasteiger partial charge >= 0.3 is 158 Å². The van der Waals surface area contributed by atoms with E-state index in [1.807, 2.05) is 24.3 Å². The van der Waals surface area contributed by atoms with Crippen LogP contribution < -0.4 is 46.6 Å². The van der Waals surface area contributed by atoms with Crippen molar-refractivity contribution >= 4 is 7.73 Å². The minimum absolute atomic E-state index is 0.540. The Morgan fingerprint density at radius 3 is 1.57 bits per heavy atom. The minimum atomic E-state index is -2.33. The van der Waals surface area contributed by atoms with Gasteiger partial charge in [0.15, 0.2) is 0 Å². The molecule has 0 spiro atoms. The Bertz CT molecular complexity index is 774. The van der Waals surface area contributed by atoms with Gasteiger partial charge < -0.3 is 0 Å². The van der Waals surface area contributed by atoms with Crippen LogP contribution in [0.5, 0.6) is 0 Å². The molecule has 0 unspecified atom stereocenters. The Balaban J connectivity index is 2.02. The van der Waals surface area contributed by atoms with Crippen molar-refractivity contribution in [1.29, 1.82) is 0 Å². The second kappa shape index (κ2) is 7.95. The average molecular weight is 546 g/mol. The predicted molar refractivity (Wildman–Crippen MR) is 88.7 cm³/mol. The van der Waals surface area contributed by atoms with Crippen LogP contribution in [0.15, 0.2) is 84.9 Å². The van der Waals surface area contributed by atoms with E-state index < -0.39 is 43.7 Å². The fourth-order valence-corrected chi connectivity index (χ4v) is 26.3. The Morgan fingerprint density at radius 1 is 0.652 bits per heavy atom. The quantitative estimate of drug-likeness (QED) is 0.289. The Hall–Kier alpha value is -0.650. The van der Waals surface area contributed by atoms with E-state index in [1.165, 1.54) is 12.7 Å². The molecule has 3 rings (SSSR count). The van der Waals surface area contributed by atoms with E-state index in [4.69, 9.17) is 0 Å². The number of halogens is 2. The number of hydrogen-bond donors (Lipinski definition) is 0. The molecule has 0 aliphatic heterocycles. The fourth-order valence-electron chi connectivity index (χ4n) is 2.16. The summed E-state index contributed by atoms with van der Waals surface area (Å²) in [6.45, 7) is 2.09. The SMILES string of the molecule is Cc1ccccc1P(=O)([I-]c1ccccc1)[I-]c1ccccc1. The number of benzene rings is 3. The van der Waals surface area contributed by atoms with Gasteiger partial charge in [-0.3, -0.25) is 0 Å². The summed E-state index contributed by atoms with van der Waals surface area (Å²) in [6, 6.07) is 29.0. The second-order valence-corrected chi connectivity index (χ2v) is 25.8. The monoisotopic (exact) mass is 546 g/mol. The summed E-state index contributed by atoms with van der Waals surface area (Å²) < 4.78 is 14.3. The van der Waals surface area contributed by atoms with Crippen LogP contribution in [0.2, 0.25) is 0 Å². The summed E-state index contributed by atoms with van der Waals surface area (Å²) in [5.41, 5.74) is 1.17. The molecule has 0 aliphatic carbocycles. The molecule has 0 saturated carbocycles. The van der Waals surface area contributed by atoms with Crippen molar-refractivity contribution in [2.75, 3.05) is 0 Å². The van der Waals surface area contributed by atoms with Gasteiger partial charge in [0.25, 0.3) is 0 Å². The molecule has 0 atom stereocenters. The first kappa shape index (κ1) is 17.2. The van der Waals surface area contributed by atoms with Gasteiger partial charge in [0.2, 0.25) is 0 Å². The van der Waals surface area contributed by atoms with Gasteiger partial charge in [-0.25, -0.2) is 0 Å². The van der Waals surface area contributed by atoms with Crippen LogP contribution in [-0.2, 0) is 4.57 Å². The van der Waals surface area contributed by atoms with Crippen LogP contribution in [0.3, 0.4) is 0 Å². The standard InChI is InChI=1S/C19H17I2OP/c1-16-10-8-9-15-19(16)23(22,20-17-11-4-2-5-12-17)21-18-13-6-3-7-14-18/h2-15H,1H3/q-2. The molecular formula is C19H17I2OP-2. The van der Waals surface area contributed by atoms with E-state index in [0.717, 1.165) is 5.30 Å². The van der Waals surface area contributed by atoms with E-state index in [-0.39, 0.29) is 0 Å². The molecule has 0 saturated heterocycles. The van der Waals surface area contributed by atoms with E-state index in [2.05, 4.69) is 67.6 Å². The Kier molecular flexibility index (Phi) is 5.94. The third kappa shape index (κ3) is 4.46. The van der Waals surface area contributed by atoms with E-state index in [9.17, 15) is 4.57 Å². The van der Waals surface area contributed by atoms with Gasteiger partial charge in [0.1, 0.15) is 0 Å². The van der Waals surface area contributed by atoms with E-state index >= 15 is 0 Å². The van der Waals surface area contributed by atoms with Crippen molar-refractivity contribution in [1.82, 2.24) is 0 Å². The maximum absolute atomic E-state index is 14.1. The first-order chi connectivity index (χ1) is 11.2. The molecular weight excluding hydrogens is 529 g/mol. The second-order valence-electron chi connectivity index (χ2n) is 5.01. The van der Waals surface area contributed by atoms with Crippen LogP contribution in [0, 0.1) is 14.1 Å². The van der Waals surface area contributed by atoms with Crippen LogP contribution in [0.1, 0.15) is 5.56 Å². The van der Waals surface area contributed by atoms with Gasteiger partial charge in [-0.2, -0.15) is 0 Å². The summed E-state index contributed by atoms with van der Waals surface area (Å²) in [7, 11) is 0. The first-order valence-corrected chi connectivity index (χ1v) is 16.7. The zero-order valence-corrected chi connectivity index (χ0v) is 17.9. The molecule has 0 N–H and O–H groups in total.